The number of alkyl halides is 3. The fourth-order valence-corrected chi connectivity index (χ4v) is 1.54. The normalized spacial score (nSPS) is 11.8. The van der Waals surface area contributed by atoms with Crippen LogP contribution in [0.1, 0.15) is 17.0 Å². The molecule has 2 aromatic heterocycles. The number of aryl methyl sites for hydroxylation is 2. The van der Waals surface area contributed by atoms with Crippen LogP contribution in [-0.4, -0.2) is 14.8 Å². The number of hydrogen-bond donors (Lipinski definition) is 0. The summed E-state index contributed by atoms with van der Waals surface area (Å²) >= 11 is 0. The zero-order chi connectivity index (χ0) is 12.6. The Morgan fingerprint density at radius 3 is 2.29 bits per heavy atom. The highest BCUT2D eigenvalue weighted by Crippen LogP contribution is 2.28. The first kappa shape index (κ1) is 11.6. The Hall–Kier alpha value is -1.85. The van der Waals surface area contributed by atoms with Crippen molar-refractivity contribution in [1.29, 1.82) is 0 Å². The Bertz CT molecular complexity index is 526. The van der Waals surface area contributed by atoms with Gasteiger partial charge in [0.05, 0.1) is 11.3 Å². The molecule has 90 valence electrons. The van der Waals surface area contributed by atoms with E-state index in [9.17, 15) is 13.2 Å². The van der Waals surface area contributed by atoms with Gasteiger partial charge in [-0.3, -0.25) is 0 Å². The lowest BCUT2D eigenvalue weighted by Gasteiger charge is -2.07. The van der Waals surface area contributed by atoms with Gasteiger partial charge in [0.2, 0.25) is 0 Å². The van der Waals surface area contributed by atoms with E-state index in [1.54, 1.807) is 0 Å². The third kappa shape index (κ3) is 2.30. The van der Waals surface area contributed by atoms with E-state index in [-0.39, 0.29) is 0 Å². The Kier molecular flexibility index (Phi) is 2.65. The van der Waals surface area contributed by atoms with E-state index in [4.69, 9.17) is 0 Å². The Morgan fingerprint density at radius 1 is 1.18 bits per heavy atom. The minimum absolute atomic E-state index is 0.378. The Morgan fingerprint density at radius 2 is 1.88 bits per heavy atom. The van der Waals surface area contributed by atoms with Gasteiger partial charge in [0.25, 0.3) is 0 Å². The number of hydrogen-bond acceptors (Lipinski definition) is 2. The molecule has 0 atom stereocenters. The highest BCUT2D eigenvalue weighted by atomic mass is 19.4. The zero-order valence-electron chi connectivity index (χ0n) is 9.28. The van der Waals surface area contributed by atoms with Gasteiger partial charge in [0.15, 0.2) is 5.82 Å². The third-order valence-corrected chi connectivity index (χ3v) is 2.30. The summed E-state index contributed by atoms with van der Waals surface area (Å²) < 4.78 is 38.5. The number of pyridine rings is 1. The van der Waals surface area contributed by atoms with Crippen LogP contribution in [-0.2, 0) is 6.18 Å². The van der Waals surface area contributed by atoms with Crippen molar-refractivity contribution in [2.45, 2.75) is 20.0 Å². The molecule has 0 aliphatic heterocycles. The quantitative estimate of drug-likeness (QED) is 0.768. The highest BCUT2D eigenvalue weighted by molar-refractivity contribution is 5.28. The predicted octanol–water partition coefficient (Wildman–Crippen LogP) is 2.90. The Labute approximate surface area is 95.9 Å². The smallest absolute Gasteiger partial charge is 0.236 e. The van der Waals surface area contributed by atoms with E-state index in [0.717, 1.165) is 23.7 Å². The van der Waals surface area contributed by atoms with Crippen LogP contribution in [0.4, 0.5) is 13.2 Å². The van der Waals surface area contributed by atoms with Gasteiger partial charge in [-0.25, -0.2) is 9.67 Å². The lowest BCUT2D eigenvalue weighted by Crippen LogP contribution is -2.07. The second kappa shape index (κ2) is 3.87. The molecule has 2 rings (SSSR count). The predicted molar refractivity (Wildman–Crippen MR) is 55.8 cm³/mol. The lowest BCUT2D eigenvalue weighted by molar-refractivity contribution is -0.137. The second-order valence-electron chi connectivity index (χ2n) is 3.74. The molecule has 2 aromatic rings. The van der Waals surface area contributed by atoms with E-state index in [1.807, 2.05) is 19.9 Å². The van der Waals surface area contributed by atoms with Crippen LogP contribution in [0.15, 0.2) is 24.4 Å². The molecule has 3 nitrogen and oxygen atoms in total. The summed E-state index contributed by atoms with van der Waals surface area (Å²) in [6, 6.07) is 4.14. The molecule has 0 bridgehead atoms. The molecule has 0 spiro atoms. The maximum absolute atomic E-state index is 12.3. The fraction of sp³-hybridized carbons (Fsp3) is 0.273. The first-order valence-corrected chi connectivity index (χ1v) is 4.95. The van der Waals surface area contributed by atoms with Gasteiger partial charge in [-0.2, -0.15) is 18.3 Å². The molecule has 0 unspecified atom stereocenters. The van der Waals surface area contributed by atoms with Crippen molar-refractivity contribution < 1.29 is 13.2 Å². The summed E-state index contributed by atoms with van der Waals surface area (Å²) in [7, 11) is 0. The molecule has 6 heteroatoms. The largest absolute Gasteiger partial charge is 0.417 e. The monoisotopic (exact) mass is 241 g/mol. The summed E-state index contributed by atoms with van der Waals surface area (Å²) in [5, 5.41) is 4.15. The highest BCUT2D eigenvalue weighted by Gasteiger charge is 2.30. The molecule has 2 heterocycles. The fourth-order valence-electron chi connectivity index (χ4n) is 1.54. The van der Waals surface area contributed by atoms with Crippen LogP contribution in [0.2, 0.25) is 0 Å². The Balaban J connectivity index is 2.39. The molecule has 0 saturated carbocycles. The summed E-state index contributed by atoms with van der Waals surface area (Å²) in [6.07, 6.45) is -3.55. The molecule has 0 aromatic carbocycles. The van der Waals surface area contributed by atoms with Crippen LogP contribution < -0.4 is 0 Å². The van der Waals surface area contributed by atoms with E-state index in [1.165, 1.54) is 10.7 Å². The molecule has 0 N–H and O–H groups in total. The van der Waals surface area contributed by atoms with Crippen molar-refractivity contribution in [1.82, 2.24) is 14.8 Å². The lowest BCUT2D eigenvalue weighted by atomic mass is 10.3. The molecule has 0 saturated heterocycles. The third-order valence-electron chi connectivity index (χ3n) is 2.30. The van der Waals surface area contributed by atoms with E-state index < -0.39 is 11.7 Å². The van der Waals surface area contributed by atoms with Gasteiger partial charge in [0, 0.05) is 11.9 Å². The van der Waals surface area contributed by atoms with Gasteiger partial charge < -0.3 is 0 Å². The van der Waals surface area contributed by atoms with Crippen molar-refractivity contribution in [3.63, 3.8) is 0 Å². The van der Waals surface area contributed by atoms with E-state index in [2.05, 4.69) is 10.1 Å². The zero-order valence-corrected chi connectivity index (χ0v) is 9.28. The van der Waals surface area contributed by atoms with Gasteiger partial charge in [-0.1, -0.05) is 0 Å². The van der Waals surface area contributed by atoms with Crippen LogP contribution >= 0.6 is 0 Å². The molecule has 0 amide bonds. The number of halogens is 3. The van der Waals surface area contributed by atoms with Crippen molar-refractivity contribution in [3.8, 4) is 5.82 Å². The average Bonchev–Trinajstić information content (AvgIpc) is 2.57. The van der Waals surface area contributed by atoms with Crippen LogP contribution in [0.25, 0.3) is 5.82 Å². The summed E-state index contributed by atoms with van der Waals surface area (Å²) in [6.45, 7) is 3.63. The van der Waals surface area contributed by atoms with Crippen LogP contribution in [0.3, 0.4) is 0 Å². The number of aromatic nitrogens is 3. The number of rotatable bonds is 1. The average molecular weight is 241 g/mol. The van der Waals surface area contributed by atoms with Crippen LogP contribution in [0, 0.1) is 13.8 Å². The topological polar surface area (TPSA) is 30.7 Å². The van der Waals surface area contributed by atoms with E-state index >= 15 is 0 Å². The van der Waals surface area contributed by atoms with Crippen molar-refractivity contribution in [3.05, 3.63) is 41.3 Å². The standard InChI is InChI=1S/C11H10F3N3/c1-7-5-8(2)17(16-7)10-4-3-9(6-15-10)11(12,13)14/h3-6H,1-2H3. The summed E-state index contributed by atoms with van der Waals surface area (Å²) in [4.78, 5) is 3.77. The number of nitrogens with zero attached hydrogens (tertiary/aromatic N) is 3. The van der Waals surface area contributed by atoms with Gasteiger partial charge in [-0.05, 0) is 32.0 Å². The first-order valence-electron chi connectivity index (χ1n) is 4.95. The molecular formula is C11H10F3N3. The summed E-state index contributed by atoms with van der Waals surface area (Å²) in [5.41, 5.74) is 0.863. The van der Waals surface area contributed by atoms with Crippen molar-refractivity contribution in [2.75, 3.05) is 0 Å². The molecule has 0 aliphatic carbocycles. The minimum atomic E-state index is -4.36. The van der Waals surface area contributed by atoms with Gasteiger partial charge >= 0.3 is 6.18 Å². The van der Waals surface area contributed by atoms with Gasteiger partial charge in [-0.15, -0.1) is 0 Å². The maximum atomic E-state index is 12.3. The molecule has 0 aliphatic rings. The van der Waals surface area contributed by atoms with Crippen molar-refractivity contribution >= 4 is 0 Å². The maximum Gasteiger partial charge on any atom is 0.417 e. The molecular weight excluding hydrogens is 231 g/mol. The molecule has 0 fully saturated rings. The van der Waals surface area contributed by atoms with E-state index in [0.29, 0.717) is 5.82 Å². The SMILES string of the molecule is Cc1cc(C)n(-c2ccc(C(F)(F)F)cn2)n1. The second-order valence-corrected chi connectivity index (χ2v) is 3.74. The van der Waals surface area contributed by atoms with Gasteiger partial charge in [0.1, 0.15) is 0 Å². The first-order chi connectivity index (χ1) is 7.88. The van der Waals surface area contributed by atoms with Crippen LogP contribution in [0.5, 0.6) is 0 Å². The molecule has 17 heavy (non-hydrogen) atoms. The molecule has 0 radical (unpaired) electrons. The summed E-state index contributed by atoms with van der Waals surface area (Å²) in [5.74, 6) is 0.378. The minimum Gasteiger partial charge on any atom is -0.236 e. The van der Waals surface area contributed by atoms with Crippen molar-refractivity contribution in [2.24, 2.45) is 0 Å².